The van der Waals surface area contributed by atoms with E-state index in [0.29, 0.717) is 5.75 Å². The molecule has 0 aromatic heterocycles. The van der Waals surface area contributed by atoms with E-state index in [9.17, 15) is 9.90 Å². The van der Waals surface area contributed by atoms with Crippen molar-refractivity contribution in [2.24, 2.45) is 0 Å². The number of phenols is 1. The Kier molecular flexibility index (Phi) is 10.4. The first kappa shape index (κ1) is 30.1. The number of anilines is 1. The molecule has 0 saturated carbocycles. The lowest BCUT2D eigenvalue weighted by Gasteiger charge is -2.29. The predicted octanol–water partition coefficient (Wildman–Crippen LogP) is 7.39. The number of phenolic OH excluding ortho intramolecular Hbond substituents is 1. The molecule has 0 atom stereocenters. The van der Waals surface area contributed by atoms with Gasteiger partial charge >= 0.3 is 0 Å². The normalized spacial score (nSPS) is 15.7. The van der Waals surface area contributed by atoms with E-state index in [1.807, 2.05) is 23.1 Å². The predicted molar refractivity (Wildman–Crippen MR) is 159 cm³/mol. The number of hydrogen-bond acceptors (Lipinski definition) is 4. The van der Waals surface area contributed by atoms with Gasteiger partial charge in [-0.1, -0.05) is 60.6 Å². The minimum absolute atomic E-state index is 0. The smallest absolute Gasteiger partial charge is 0.260 e. The first-order chi connectivity index (χ1) is 16.4. The number of amides is 1. The van der Waals surface area contributed by atoms with Crippen molar-refractivity contribution in [2.45, 2.75) is 72.1 Å². The van der Waals surface area contributed by atoms with E-state index in [4.69, 9.17) is 0 Å². The Morgan fingerprint density at radius 1 is 1.06 bits per heavy atom. The molecule has 4 nitrogen and oxygen atoms in total. The van der Waals surface area contributed by atoms with Crippen LogP contribution in [0, 0.1) is 0 Å². The molecule has 0 radical (unpaired) electrons. The Labute approximate surface area is 228 Å². The van der Waals surface area contributed by atoms with E-state index < -0.39 is 0 Å². The van der Waals surface area contributed by atoms with E-state index in [-0.39, 0.29) is 29.1 Å². The van der Waals surface area contributed by atoms with Gasteiger partial charge in [-0.15, -0.1) is 24.2 Å². The molecule has 1 aliphatic heterocycles. The molecule has 2 N–H and O–H groups in total. The molecule has 1 saturated heterocycles. The lowest BCUT2D eigenvalue weighted by atomic mass is 9.78. The van der Waals surface area contributed by atoms with Crippen LogP contribution in [0.1, 0.15) is 77.1 Å². The van der Waals surface area contributed by atoms with Gasteiger partial charge in [-0.05, 0) is 65.1 Å². The summed E-state index contributed by atoms with van der Waals surface area (Å²) in [5, 5.41) is 14.5. The molecule has 1 fully saturated rings. The molecule has 198 valence electrons. The fourth-order valence-electron chi connectivity index (χ4n) is 4.34. The van der Waals surface area contributed by atoms with E-state index in [0.717, 1.165) is 65.5 Å². The molecule has 2 aromatic rings. The van der Waals surface area contributed by atoms with E-state index in [1.54, 1.807) is 11.8 Å². The topological polar surface area (TPSA) is 52.6 Å². The van der Waals surface area contributed by atoms with Crippen LogP contribution in [0.3, 0.4) is 0 Å². The summed E-state index contributed by atoms with van der Waals surface area (Å²) in [6, 6.07) is 12.6. The van der Waals surface area contributed by atoms with Gasteiger partial charge in [0.15, 0.2) is 0 Å². The number of halogens is 1. The van der Waals surface area contributed by atoms with Gasteiger partial charge in [0.2, 0.25) is 0 Å². The largest absolute Gasteiger partial charge is 0.507 e. The van der Waals surface area contributed by atoms with Crippen LogP contribution < -0.4 is 5.32 Å². The Hall–Kier alpha value is -2.11. The maximum Gasteiger partial charge on any atom is 0.260 e. The van der Waals surface area contributed by atoms with Crippen LogP contribution in [0.25, 0.3) is 6.08 Å². The van der Waals surface area contributed by atoms with Crippen molar-refractivity contribution in [3.05, 3.63) is 63.6 Å². The highest BCUT2D eigenvalue weighted by Gasteiger charge is 2.28. The number of hydrogen-bond donors (Lipinski definition) is 2. The number of carbonyl (C=O) groups is 1. The van der Waals surface area contributed by atoms with Crippen molar-refractivity contribution >= 4 is 41.8 Å². The van der Waals surface area contributed by atoms with E-state index in [2.05, 4.69) is 78.0 Å². The van der Waals surface area contributed by atoms with Gasteiger partial charge in [-0.25, -0.2) is 0 Å². The van der Waals surface area contributed by atoms with Gasteiger partial charge in [0.1, 0.15) is 5.75 Å². The lowest BCUT2D eigenvalue weighted by molar-refractivity contribution is -0.126. The summed E-state index contributed by atoms with van der Waals surface area (Å²) in [5.41, 5.74) is 4.89. The first-order valence-electron chi connectivity index (χ1n) is 12.7. The zero-order valence-electron chi connectivity index (χ0n) is 22.9. The van der Waals surface area contributed by atoms with Gasteiger partial charge in [-0.2, -0.15) is 0 Å². The van der Waals surface area contributed by atoms with Crippen molar-refractivity contribution in [3.63, 3.8) is 0 Å². The molecule has 1 heterocycles. The minimum Gasteiger partial charge on any atom is -0.507 e. The molecule has 3 rings (SSSR count). The van der Waals surface area contributed by atoms with Crippen molar-refractivity contribution < 1.29 is 9.90 Å². The summed E-state index contributed by atoms with van der Waals surface area (Å²) >= 11 is 1.63. The van der Waals surface area contributed by atoms with E-state index in [1.165, 1.54) is 5.56 Å². The van der Waals surface area contributed by atoms with Gasteiger partial charge < -0.3 is 15.3 Å². The quantitative estimate of drug-likeness (QED) is 0.289. The highest BCUT2D eigenvalue weighted by atomic mass is 35.5. The maximum absolute atomic E-state index is 13.3. The van der Waals surface area contributed by atoms with Crippen molar-refractivity contribution in [1.82, 2.24) is 4.90 Å². The number of benzene rings is 2. The second-order valence-electron chi connectivity index (χ2n) is 11.4. The fraction of sp³-hybridized carbons (Fsp3) is 0.500. The molecule has 0 spiro atoms. The van der Waals surface area contributed by atoms with Crippen LogP contribution in [0.4, 0.5) is 5.69 Å². The standard InChI is InChI=1S/C30H42N2O2S.ClH/c1-8-21-11-9-12-23(17-21)31-13-10-14-32-15-16-35-26(28(32)34)20-22-18-24(29(2,3)4)27(33)25(19-22)30(5,6)7;/h9,11-12,17-20,31,33H,8,10,13-16H2,1-7H3;1H. The van der Waals surface area contributed by atoms with Gasteiger partial charge in [0.25, 0.3) is 5.91 Å². The number of aryl methyl sites for hydroxylation is 1. The van der Waals surface area contributed by atoms with Crippen LogP contribution >= 0.6 is 24.2 Å². The average molecular weight is 531 g/mol. The summed E-state index contributed by atoms with van der Waals surface area (Å²) in [4.78, 5) is 16.0. The summed E-state index contributed by atoms with van der Waals surface area (Å²) in [7, 11) is 0. The van der Waals surface area contributed by atoms with E-state index >= 15 is 0 Å². The van der Waals surface area contributed by atoms with Crippen molar-refractivity contribution in [2.75, 3.05) is 30.7 Å². The van der Waals surface area contributed by atoms with Crippen molar-refractivity contribution in [1.29, 1.82) is 0 Å². The SMILES string of the molecule is CCc1cccc(NCCCN2CCSC(=Cc3cc(C(C)(C)C)c(O)c(C(C)(C)C)c3)C2=O)c1.Cl. The Balaban J connectivity index is 0.00000456. The average Bonchev–Trinajstić information content (AvgIpc) is 2.78. The third-order valence-corrected chi connectivity index (χ3v) is 7.42. The summed E-state index contributed by atoms with van der Waals surface area (Å²) in [6.07, 6.45) is 3.94. The summed E-state index contributed by atoms with van der Waals surface area (Å²) in [5.74, 6) is 1.38. The zero-order chi connectivity index (χ0) is 25.8. The van der Waals surface area contributed by atoms with Crippen LogP contribution in [-0.2, 0) is 22.0 Å². The molecule has 1 amide bonds. The Bertz CT molecular complexity index is 1050. The second kappa shape index (κ2) is 12.4. The number of thioether (sulfide) groups is 1. The van der Waals surface area contributed by atoms with Crippen LogP contribution in [0.2, 0.25) is 0 Å². The number of aromatic hydroxyl groups is 1. The fourth-order valence-corrected chi connectivity index (χ4v) is 5.34. The summed E-state index contributed by atoms with van der Waals surface area (Å²) in [6.45, 7) is 17.2. The van der Waals surface area contributed by atoms with Gasteiger partial charge in [-0.3, -0.25) is 4.79 Å². The van der Waals surface area contributed by atoms with Crippen LogP contribution in [-0.4, -0.2) is 41.3 Å². The minimum atomic E-state index is -0.196. The molecular formula is C30H43ClN2O2S. The molecule has 0 unspecified atom stereocenters. The molecule has 0 bridgehead atoms. The molecular weight excluding hydrogens is 488 g/mol. The molecule has 36 heavy (non-hydrogen) atoms. The molecule has 0 aliphatic carbocycles. The molecule has 2 aromatic carbocycles. The number of rotatable bonds is 7. The third kappa shape index (κ3) is 7.69. The number of nitrogens with one attached hydrogen (secondary N) is 1. The maximum atomic E-state index is 13.3. The monoisotopic (exact) mass is 530 g/mol. The van der Waals surface area contributed by atoms with Crippen LogP contribution in [0.15, 0.2) is 41.3 Å². The number of carbonyl (C=O) groups excluding carboxylic acids is 1. The highest BCUT2D eigenvalue weighted by molar-refractivity contribution is 8.04. The Morgan fingerprint density at radius 2 is 1.69 bits per heavy atom. The highest BCUT2D eigenvalue weighted by Crippen LogP contribution is 2.40. The van der Waals surface area contributed by atoms with Gasteiger partial charge in [0, 0.05) is 42.2 Å². The van der Waals surface area contributed by atoms with Crippen LogP contribution in [0.5, 0.6) is 5.75 Å². The van der Waals surface area contributed by atoms with Gasteiger partial charge in [0.05, 0.1) is 4.91 Å². The zero-order valence-corrected chi connectivity index (χ0v) is 24.5. The van der Waals surface area contributed by atoms with Crippen molar-refractivity contribution in [3.8, 4) is 5.75 Å². The lowest BCUT2D eigenvalue weighted by Crippen LogP contribution is -2.38. The molecule has 1 aliphatic rings. The second-order valence-corrected chi connectivity index (χ2v) is 12.6. The Morgan fingerprint density at radius 3 is 2.28 bits per heavy atom. The molecule has 6 heteroatoms. The first-order valence-corrected chi connectivity index (χ1v) is 13.7. The summed E-state index contributed by atoms with van der Waals surface area (Å²) < 4.78 is 0. The number of nitrogens with zero attached hydrogens (tertiary/aromatic N) is 1. The third-order valence-electron chi connectivity index (χ3n) is 6.43.